The molecule has 0 aliphatic rings. The number of nitrogens with one attached hydrogen (secondary N) is 2. The molecule has 2 rings (SSSR count). The fourth-order valence-corrected chi connectivity index (χ4v) is 2.60. The third kappa shape index (κ3) is 3.37. The van der Waals surface area contributed by atoms with Gasteiger partial charge in [-0.2, -0.15) is 0 Å². The Bertz CT molecular complexity index is 702. The number of H-pyrrole nitrogens is 1. The van der Waals surface area contributed by atoms with E-state index < -0.39 is 0 Å². The van der Waals surface area contributed by atoms with Crippen molar-refractivity contribution < 1.29 is 9.21 Å². The summed E-state index contributed by atoms with van der Waals surface area (Å²) >= 11 is 0. The van der Waals surface area contributed by atoms with Crippen molar-refractivity contribution >= 4 is 17.0 Å². The number of amides is 1. The van der Waals surface area contributed by atoms with E-state index >= 15 is 0 Å². The number of hydrogen-bond donors (Lipinski definition) is 2. The van der Waals surface area contributed by atoms with E-state index in [2.05, 4.69) is 29.1 Å². The van der Waals surface area contributed by atoms with Gasteiger partial charge in [0.1, 0.15) is 11.1 Å². The highest BCUT2D eigenvalue weighted by Crippen LogP contribution is 2.20. The van der Waals surface area contributed by atoms with Gasteiger partial charge in [-0.15, -0.1) is 0 Å². The first-order valence-corrected chi connectivity index (χ1v) is 7.83. The minimum atomic E-state index is -0.356. The molecule has 2 N–H and O–H groups in total. The van der Waals surface area contributed by atoms with Crippen LogP contribution in [-0.2, 0) is 0 Å². The van der Waals surface area contributed by atoms with Crippen LogP contribution in [0.3, 0.4) is 0 Å². The van der Waals surface area contributed by atoms with Crippen LogP contribution in [0.1, 0.15) is 55.6 Å². The standard InChI is InChI=1S/C16H23N3O3/c1-4-6-7-11(5-2)8-17-14(20)12-10(3)22-16-13(12)15(21)18-9-19-16/h9,11H,4-8H2,1-3H3,(H,17,20)(H,18,19,21). The molecule has 2 aromatic rings. The first-order valence-electron chi connectivity index (χ1n) is 7.83. The zero-order valence-electron chi connectivity index (χ0n) is 13.4. The lowest BCUT2D eigenvalue weighted by atomic mass is 9.99. The average molecular weight is 305 g/mol. The number of unbranched alkanes of at least 4 members (excludes halogenated alkanes) is 1. The molecule has 1 unspecified atom stereocenters. The van der Waals surface area contributed by atoms with Crippen molar-refractivity contribution in [3.8, 4) is 0 Å². The van der Waals surface area contributed by atoms with Gasteiger partial charge in [0.25, 0.3) is 11.5 Å². The van der Waals surface area contributed by atoms with Gasteiger partial charge in [-0.3, -0.25) is 9.59 Å². The second-order valence-corrected chi connectivity index (χ2v) is 5.57. The summed E-state index contributed by atoms with van der Waals surface area (Å²) in [7, 11) is 0. The van der Waals surface area contributed by atoms with E-state index in [1.807, 2.05) is 0 Å². The molecule has 0 aromatic carbocycles. The molecule has 1 atom stereocenters. The molecule has 0 aliphatic heterocycles. The van der Waals surface area contributed by atoms with E-state index in [0.29, 0.717) is 18.2 Å². The van der Waals surface area contributed by atoms with Gasteiger partial charge in [-0.05, 0) is 19.3 Å². The van der Waals surface area contributed by atoms with E-state index in [9.17, 15) is 9.59 Å². The smallest absolute Gasteiger partial charge is 0.262 e. The summed E-state index contributed by atoms with van der Waals surface area (Å²) in [4.78, 5) is 30.8. The van der Waals surface area contributed by atoms with E-state index in [4.69, 9.17) is 4.42 Å². The highest BCUT2D eigenvalue weighted by Gasteiger charge is 2.22. The maximum Gasteiger partial charge on any atom is 0.262 e. The van der Waals surface area contributed by atoms with Gasteiger partial charge in [0.05, 0.1) is 11.9 Å². The molecule has 6 nitrogen and oxygen atoms in total. The van der Waals surface area contributed by atoms with Gasteiger partial charge >= 0.3 is 0 Å². The Morgan fingerprint density at radius 1 is 1.45 bits per heavy atom. The fourth-order valence-electron chi connectivity index (χ4n) is 2.60. The topological polar surface area (TPSA) is 88.0 Å². The molecule has 0 aliphatic carbocycles. The molecule has 0 radical (unpaired) electrons. The minimum Gasteiger partial charge on any atom is -0.442 e. The van der Waals surface area contributed by atoms with Crippen LogP contribution in [0, 0.1) is 12.8 Å². The molecule has 2 heterocycles. The molecule has 1 amide bonds. The molecular weight excluding hydrogens is 282 g/mol. The van der Waals surface area contributed by atoms with Crippen LogP contribution in [-0.4, -0.2) is 22.4 Å². The molecule has 0 saturated heterocycles. The molecule has 2 aromatic heterocycles. The van der Waals surface area contributed by atoms with Crippen molar-refractivity contribution in [3.05, 3.63) is 28.0 Å². The van der Waals surface area contributed by atoms with Crippen LogP contribution in [0.2, 0.25) is 0 Å². The van der Waals surface area contributed by atoms with Crippen LogP contribution in [0.25, 0.3) is 11.1 Å². The van der Waals surface area contributed by atoms with E-state index in [0.717, 1.165) is 25.7 Å². The molecule has 6 heteroatoms. The summed E-state index contributed by atoms with van der Waals surface area (Å²) in [6, 6.07) is 0. The Balaban J connectivity index is 2.16. The van der Waals surface area contributed by atoms with Crippen molar-refractivity contribution in [2.45, 2.75) is 46.5 Å². The monoisotopic (exact) mass is 305 g/mol. The van der Waals surface area contributed by atoms with Gasteiger partial charge in [0, 0.05) is 6.54 Å². The highest BCUT2D eigenvalue weighted by atomic mass is 16.3. The number of fused-ring (bicyclic) bond motifs is 1. The summed E-state index contributed by atoms with van der Waals surface area (Å²) in [5, 5.41) is 3.15. The molecule has 22 heavy (non-hydrogen) atoms. The number of nitrogens with zero attached hydrogens (tertiary/aromatic N) is 1. The van der Waals surface area contributed by atoms with Crippen LogP contribution < -0.4 is 10.9 Å². The Labute approximate surface area is 129 Å². The van der Waals surface area contributed by atoms with Crippen LogP contribution in [0.5, 0.6) is 0 Å². The zero-order chi connectivity index (χ0) is 16.1. The second kappa shape index (κ2) is 7.24. The van der Waals surface area contributed by atoms with Gasteiger partial charge in [-0.1, -0.05) is 33.1 Å². The number of aryl methyl sites for hydroxylation is 1. The summed E-state index contributed by atoms with van der Waals surface area (Å²) in [6.45, 7) is 6.56. The average Bonchev–Trinajstić information content (AvgIpc) is 2.84. The first-order chi connectivity index (χ1) is 10.6. The second-order valence-electron chi connectivity index (χ2n) is 5.57. The van der Waals surface area contributed by atoms with Crippen LogP contribution in [0.4, 0.5) is 0 Å². The number of rotatable bonds is 7. The van der Waals surface area contributed by atoms with Gasteiger partial charge in [0.2, 0.25) is 5.71 Å². The number of hydrogen-bond acceptors (Lipinski definition) is 4. The SMILES string of the molecule is CCCCC(CC)CNC(=O)c1c(C)oc2nc[nH]c(=O)c12. The van der Waals surface area contributed by atoms with E-state index in [1.165, 1.54) is 6.33 Å². The van der Waals surface area contributed by atoms with E-state index in [1.54, 1.807) is 6.92 Å². The maximum absolute atomic E-state index is 12.4. The Morgan fingerprint density at radius 2 is 2.23 bits per heavy atom. The van der Waals surface area contributed by atoms with Crippen molar-refractivity contribution in [1.82, 2.24) is 15.3 Å². The lowest BCUT2D eigenvalue weighted by Gasteiger charge is -2.15. The largest absolute Gasteiger partial charge is 0.442 e. The lowest BCUT2D eigenvalue weighted by Crippen LogP contribution is -2.30. The number of carbonyl (C=O) groups excluding carboxylic acids is 1. The van der Waals surface area contributed by atoms with Crippen LogP contribution >= 0.6 is 0 Å². The van der Waals surface area contributed by atoms with Gasteiger partial charge in [-0.25, -0.2) is 4.98 Å². The quantitative estimate of drug-likeness (QED) is 0.823. The third-order valence-corrected chi connectivity index (χ3v) is 3.99. The van der Waals surface area contributed by atoms with Crippen molar-refractivity contribution in [2.75, 3.05) is 6.54 Å². The Morgan fingerprint density at radius 3 is 2.91 bits per heavy atom. The van der Waals surface area contributed by atoms with Gasteiger partial charge < -0.3 is 14.7 Å². The zero-order valence-corrected chi connectivity index (χ0v) is 13.4. The molecule has 0 bridgehead atoms. The summed E-state index contributed by atoms with van der Waals surface area (Å²) < 4.78 is 5.41. The molecule has 0 spiro atoms. The predicted octanol–water partition coefficient (Wildman–Crippen LogP) is 2.77. The summed E-state index contributed by atoms with van der Waals surface area (Å²) in [6.07, 6.45) is 5.70. The van der Waals surface area contributed by atoms with Crippen molar-refractivity contribution in [1.29, 1.82) is 0 Å². The molecule has 120 valence electrons. The minimum absolute atomic E-state index is 0.199. The summed E-state index contributed by atoms with van der Waals surface area (Å²) in [5.74, 6) is 0.599. The highest BCUT2D eigenvalue weighted by molar-refractivity contribution is 6.06. The number of aromatic nitrogens is 2. The number of furan rings is 1. The molecular formula is C16H23N3O3. The Hall–Kier alpha value is -2.11. The lowest BCUT2D eigenvalue weighted by molar-refractivity contribution is 0.0945. The van der Waals surface area contributed by atoms with Crippen LogP contribution in [0.15, 0.2) is 15.5 Å². The summed E-state index contributed by atoms with van der Waals surface area (Å²) in [5.41, 5.74) is 0.129. The van der Waals surface area contributed by atoms with Gasteiger partial charge in [0.15, 0.2) is 0 Å². The Kier molecular flexibility index (Phi) is 5.35. The number of aromatic amines is 1. The predicted molar refractivity (Wildman–Crippen MR) is 85.0 cm³/mol. The molecule has 0 saturated carbocycles. The third-order valence-electron chi connectivity index (χ3n) is 3.99. The molecule has 0 fully saturated rings. The maximum atomic E-state index is 12.4. The van der Waals surface area contributed by atoms with E-state index in [-0.39, 0.29) is 28.1 Å². The van der Waals surface area contributed by atoms with Crippen molar-refractivity contribution in [2.24, 2.45) is 5.92 Å². The normalized spacial score (nSPS) is 12.5. The first kappa shape index (κ1) is 16.3. The van der Waals surface area contributed by atoms with Crippen molar-refractivity contribution in [3.63, 3.8) is 0 Å². The fraction of sp³-hybridized carbons (Fsp3) is 0.562. The number of carbonyl (C=O) groups is 1.